The van der Waals surface area contributed by atoms with Crippen LogP contribution in [0.1, 0.15) is 37.3 Å². The van der Waals surface area contributed by atoms with Crippen LogP contribution in [0.5, 0.6) is 11.5 Å². The molecule has 0 radical (unpaired) electrons. The molecule has 2 heterocycles. The molecule has 0 atom stereocenters. The van der Waals surface area contributed by atoms with Crippen LogP contribution in [-0.4, -0.2) is 53.1 Å². The lowest BCUT2D eigenvalue weighted by atomic mass is 10.1. The van der Waals surface area contributed by atoms with Gasteiger partial charge in [-0.15, -0.1) is 0 Å². The molecule has 0 unspecified atom stereocenters. The highest BCUT2D eigenvalue weighted by molar-refractivity contribution is 8.18. The van der Waals surface area contributed by atoms with Gasteiger partial charge in [-0.1, -0.05) is 40.9 Å². The first-order chi connectivity index (χ1) is 17.8. The number of halogens is 3. The Bertz CT molecular complexity index is 1250. The van der Waals surface area contributed by atoms with Crippen molar-refractivity contribution >= 4 is 69.7 Å². The highest BCUT2D eigenvalue weighted by Crippen LogP contribution is 2.40. The van der Waals surface area contributed by atoms with E-state index in [4.69, 9.17) is 44.3 Å². The van der Waals surface area contributed by atoms with Gasteiger partial charge in [0.05, 0.1) is 16.5 Å². The van der Waals surface area contributed by atoms with Crippen LogP contribution in [0, 0.1) is 0 Å². The Morgan fingerprint density at radius 3 is 2.49 bits per heavy atom. The van der Waals surface area contributed by atoms with Gasteiger partial charge in [-0.25, -0.2) is 0 Å². The zero-order valence-corrected chi connectivity index (χ0v) is 23.2. The quantitative estimate of drug-likeness (QED) is 0.323. The van der Waals surface area contributed by atoms with Crippen LogP contribution in [0.4, 0.5) is 4.79 Å². The fraction of sp³-hybridized carbons (Fsp3) is 0.346. The molecule has 2 fully saturated rings. The first-order valence-corrected chi connectivity index (χ1v) is 13.8. The fourth-order valence-electron chi connectivity index (χ4n) is 4.03. The molecule has 11 heteroatoms. The van der Waals surface area contributed by atoms with E-state index in [1.165, 1.54) is 0 Å². The number of carbonyl (C=O) groups excluding carboxylic acids is 3. The van der Waals surface area contributed by atoms with E-state index in [0.29, 0.717) is 46.8 Å². The van der Waals surface area contributed by atoms with Crippen LogP contribution >= 0.6 is 46.6 Å². The number of hydrogen-bond donors (Lipinski definition) is 0. The van der Waals surface area contributed by atoms with Gasteiger partial charge in [0.2, 0.25) is 5.91 Å². The molecule has 7 nitrogen and oxygen atoms in total. The summed E-state index contributed by atoms with van der Waals surface area (Å²) in [5, 5.41) is 0.776. The lowest BCUT2D eigenvalue weighted by Crippen LogP contribution is -2.44. The first kappa shape index (κ1) is 27.6. The molecule has 0 spiro atoms. The Kier molecular flexibility index (Phi) is 9.29. The van der Waals surface area contributed by atoms with Crippen LogP contribution in [0.2, 0.25) is 15.1 Å². The third-order valence-corrected chi connectivity index (χ3v) is 7.67. The molecule has 0 N–H and O–H groups in total. The van der Waals surface area contributed by atoms with E-state index < -0.39 is 11.1 Å². The number of nitrogens with zero attached hydrogens (tertiary/aromatic N) is 2. The Labute approximate surface area is 234 Å². The largest absolute Gasteiger partial charge is 0.490 e. The van der Waals surface area contributed by atoms with Gasteiger partial charge in [0.15, 0.2) is 11.5 Å². The Hall–Kier alpha value is -2.39. The summed E-state index contributed by atoms with van der Waals surface area (Å²) < 4.78 is 11.7. The van der Waals surface area contributed by atoms with Crippen molar-refractivity contribution < 1.29 is 23.9 Å². The van der Waals surface area contributed by atoms with E-state index in [1.54, 1.807) is 41.3 Å². The summed E-state index contributed by atoms with van der Waals surface area (Å²) in [6.07, 6.45) is 4.51. The van der Waals surface area contributed by atoms with Crippen molar-refractivity contribution in [2.24, 2.45) is 0 Å². The van der Waals surface area contributed by atoms with E-state index in [1.807, 2.05) is 6.92 Å². The molecule has 0 saturated carbocycles. The monoisotopic (exact) mass is 582 g/mol. The molecule has 2 aromatic rings. The summed E-state index contributed by atoms with van der Waals surface area (Å²) in [5.74, 6) is -0.0166. The molecule has 3 amide bonds. The van der Waals surface area contributed by atoms with E-state index in [9.17, 15) is 14.4 Å². The predicted octanol–water partition coefficient (Wildman–Crippen LogP) is 6.67. The smallest absolute Gasteiger partial charge is 0.294 e. The minimum Gasteiger partial charge on any atom is -0.490 e. The molecular weight excluding hydrogens is 559 g/mol. The molecule has 2 aliphatic rings. The van der Waals surface area contributed by atoms with E-state index in [0.717, 1.165) is 41.5 Å². The number of rotatable bonds is 8. The Morgan fingerprint density at radius 2 is 1.78 bits per heavy atom. The maximum absolute atomic E-state index is 13.0. The van der Waals surface area contributed by atoms with Crippen LogP contribution in [0.15, 0.2) is 35.2 Å². The summed E-state index contributed by atoms with van der Waals surface area (Å²) in [7, 11) is 0. The lowest BCUT2D eigenvalue weighted by Gasteiger charge is -2.27. The number of hydrogen-bond acceptors (Lipinski definition) is 6. The van der Waals surface area contributed by atoms with Crippen LogP contribution < -0.4 is 9.47 Å². The van der Waals surface area contributed by atoms with Crippen molar-refractivity contribution in [3.05, 3.63) is 61.4 Å². The van der Waals surface area contributed by atoms with Crippen molar-refractivity contribution in [2.75, 3.05) is 26.2 Å². The van der Waals surface area contributed by atoms with E-state index in [2.05, 4.69) is 0 Å². The zero-order chi connectivity index (χ0) is 26.5. The summed E-state index contributed by atoms with van der Waals surface area (Å²) in [5.41, 5.74) is 1.28. The average molecular weight is 584 g/mol. The number of amides is 3. The topological polar surface area (TPSA) is 76.2 Å². The van der Waals surface area contributed by atoms with Gasteiger partial charge in [-0.2, -0.15) is 0 Å². The van der Waals surface area contributed by atoms with Gasteiger partial charge >= 0.3 is 0 Å². The summed E-state index contributed by atoms with van der Waals surface area (Å²) >= 11 is 19.5. The number of piperidine rings is 1. The number of imide groups is 1. The van der Waals surface area contributed by atoms with Crippen molar-refractivity contribution in [2.45, 2.75) is 32.8 Å². The van der Waals surface area contributed by atoms with Crippen LogP contribution in [0.3, 0.4) is 0 Å². The van der Waals surface area contributed by atoms with Crippen molar-refractivity contribution in [3.63, 3.8) is 0 Å². The third-order valence-electron chi connectivity index (χ3n) is 5.89. The number of ether oxygens (including phenoxy) is 2. The molecular formula is C26H25Cl3N2O5S. The van der Waals surface area contributed by atoms with Crippen LogP contribution in [0.25, 0.3) is 6.08 Å². The van der Waals surface area contributed by atoms with E-state index >= 15 is 0 Å². The second kappa shape index (κ2) is 12.4. The average Bonchev–Trinajstić information content (AvgIpc) is 3.12. The number of benzene rings is 2. The second-order valence-electron chi connectivity index (χ2n) is 8.50. The van der Waals surface area contributed by atoms with Crippen molar-refractivity contribution in [1.29, 1.82) is 0 Å². The molecule has 2 saturated heterocycles. The van der Waals surface area contributed by atoms with Gasteiger partial charge < -0.3 is 14.4 Å². The predicted molar refractivity (Wildman–Crippen MR) is 147 cm³/mol. The Balaban J connectivity index is 1.51. The van der Waals surface area contributed by atoms with Gasteiger partial charge in [0.25, 0.3) is 11.1 Å². The third kappa shape index (κ3) is 6.74. The minimum atomic E-state index is -0.507. The van der Waals surface area contributed by atoms with Gasteiger partial charge in [0, 0.05) is 28.7 Å². The molecule has 2 aliphatic heterocycles. The molecule has 4 rings (SSSR count). The normalized spacial score (nSPS) is 17.0. The SMILES string of the molecule is CCOc1cc(/C=C2\SC(=O)N(CC(=O)N3CCCCC3)C2=O)cc(Cl)c1OCc1ccc(Cl)cc1Cl. The molecule has 0 aliphatic carbocycles. The first-order valence-electron chi connectivity index (χ1n) is 11.8. The molecule has 0 aromatic heterocycles. The molecule has 2 aromatic carbocycles. The summed E-state index contributed by atoms with van der Waals surface area (Å²) in [4.78, 5) is 41.0. The molecule has 37 heavy (non-hydrogen) atoms. The standard InChI is InChI=1S/C26H25Cl3N2O5S/c1-2-35-21-11-16(10-20(29)24(21)36-15-17-6-7-18(27)13-19(17)28)12-22-25(33)31(26(34)37-22)14-23(32)30-8-4-3-5-9-30/h6-7,10-13H,2-5,8-9,14-15H2,1H3/b22-12-. The lowest BCUT2D eigenvalue weighted by molar-refractivity contribution is -0.136. The summed E-state index contributed by atoms with van der Waals surface area (Å²) in [6.45, 7) is 3.37. The highest BCUT2D eigenvalue weighted by atomic mass is 35.5. The molecule has 196 valence electrons. The van der Waals surface area contributed by atoms with Crippen LogP contribution in [-0.2, 0) is 16.2 Å². The fourth-order valence-corrected chi connectivity index (χ4v) is 5.60. The molecule has 0 bridgehead atoms. The van der Waals surface area contributed by atoms with Gasteiger partial charge in [0.1, 0.15) is 13.2 Å². The maximum atomic E-state index is 13.0. The number of carbonyl (C=O) groups is 3. The second-order valence-corrected chi connectivity index (χ2v) is 10.7. The number of thioether (sulfide) groups is 1. The summed E-state index contributed by atoms with van der Waals surface area (Å²) in [6, 6.07) is 8.41. The maximum Gasteiger partial charge on any atom is 0.294 e. The highest BCUT2D eigenvalue weighted by Gasteiger charge is 2.37. The van der Waals surface area contributed by atoms with Crippen molar-refractivity contribution in [1.82, 2.24) is 9.80 Å². The van der Waals surface area contributed by atoms with Gasteiger partial charge in [-0.05, 0) is 73.9 Å². The Morgan fingerprint density at radius 1 is 1.03 bits per heavy atom. The number of likely N-dealkylation sites (tertiary alicyclic amines) is 1. The zero-order valence-electron chi connectivity index (χ0n) is 20.1. The van der Waals surface area contributed by atoms with Crippen molar-refractivity contribution in [3.8, 4) is 11.5 Å². The van der Waals surface area contributed by atoms with Gasteiger partial charge in [-0.3, -0.25) is 19.3 Å². The minimum absolute atomic E-state index is 0.138. The van der Waals surface area contributed by atoms with E-state index in [-0.39, 0.29) is 29.0 Å².